The zero-order valence-corrected chi connectivity index (χ0v) is 16.8. The highest BCUT2D eigenvalue weighted by atomic mass is 16.5. The number of aromatic nitrogens is 3. The minimum atomic E-state index is -0.424. The first-order valence-electron chi connectivity index (χ1n) is 10.1. The summed E-state index contributed by atoms with van der Waals surface area (Å²) in [6.45, 7) is 2.61. The highest BCUT2D eigenvalue weighted by Crippen LogP contribution is 2.16. The Balaban J connectivity index is 1.92. The first kappa shape index (κ1) is 19.6. The van der Waals surface area contributed by atoms with Crippen molar-refractivity contribution in [2.45, 2.75) is 26.2 Å². The van der Waals surface area contributed by atoms with Crippen LogP contribution >= 0.6 is 0 Å². The number of ether oxygens (including phenoxy) is 1. The van der Waals surface area contributed by atoms with Crippen molar-refractivity contribution in [3.8, 4) is 17.4 Å². The van der Waals surface area contributed by atoms with E-state index in [-0.39, 0.29) is 17.9 Å². The predicted molar refractivity (Wildman–Crippen MR) is 112 cm³/mol. The molecule has 0 aliphatic heterocycles. The molecule has 4 aromatic rings. The van der Waals surface area contributed by atoms with Crippen molar-refractivity contribution in [1.82, 2.24) is 9.61 Å². The van der Waals surface area contributed by atoms with Crippen LogP contribution in [0.1, 0.15) is 30.9 Å². The van der Waals surface area contributed by atoms with Gasteiger partial charge in [-0.25, -0.2) is 9.36 Å². The molecule has 30 heavy (non-hydrogen) atoms. The van der Waals surface area contributed by atoms with Crippen molar-refractivity contribution in [2.24, 2.45) is 0 Å². The van der Waals surface area contributed by atoms with Gasteiger partial charge in [-0.1, -0.05) is 66.4 Å². The number of para-hydroxylation sites is 1. The fourth-order valence-corrected chi connectivity index (χ4v) is 3.35. The molecule has 0 saturated heterocycles. The van der Waals surface area contributed by atoms with E-state index in [2.05, 4.69) is 12.0 Å². The molecule has 0 saturated carbocycles. The van der Waals surface area contributed by atoms with Gasteiger partial charge in [0.25, 0.3) is 5.88 Å². The maximum absolute atomic E-state index is 13.4. The molecule has 0 unspecified atom stereocenters. The van der Waals surface area contributed by atoms with Gasteiger partial charge in [-0.15, -0.1) is 0 Å². The Morgan fingerprint density at radius 2 is 1.70 bits per heavy atom. The molecule has 2 heterocycles. The second kappa shape index (κ2) is 8.78. The highest BCUT2D eigenvalue weighted by Gasteiger charge is 2.22. The van der Waals surface area contributed by atoms with E-state index < -0.39 is 5.56 Å². The van der Waals surface area contributed by atoms with Crippen LogP contribution in [0.2, 0.25) is 0 Å². The first-order valence-corrected chi connectivity index (χ1v) is 10.1. The van der Waals surface area contributed by atoms with Gasteiger partial charge >= 0.3 is 11.2 Å². The van der Waals surface area contributed by atoms with Gasteiger partial charge in [0.05, 0.1) is 18.1 Å². The molecule has 152 valence electrons. The predicted octanol–water partition coefficient (Wildman–Crippen LogP) is 2.81. The van der Waals surface area contributed by atoms with Gasteiger partial charge in [-0.2, -0.15) is 0 Å². The van der Waals surface area contributed by atoms with E-state index in [1.165, 1.54) is 9.08 Å². The third-order valence-electron chi connectivity index (χ3n) is 4.92. The summed E-state index contributed by atoms with van der Waals surface area (Å²) >= 11 is 0. The molecule has 0 aliphatic carbocycles. The Morgan fingerprint density at radius 3 is 2.40 bits per heavy atom. The van der Waals surface area contributed by atoms with Crippen LogP contribution in [0.5, 0.6) is 11.8 Å². The number of unbranched alkanes of at least 4 members (excludes halogenated alkanes) is 1. The Kier molecular flexibility index (Phi) is 5.75. The lowest BCUT2D eigenvalue weighted by Gasteiger charge is -2.16. The first-order chi connectivity index (χ1) is 14.7. The molecule has 0 fully saturated rings. The van der Waals surface area contributed by atoms with E-state index in [0.29, 0.717) is 23.8 Å². The fourth-order valence-electron chi connectivity index (χ4n) is 3.35. The van der Waals surface area contributed by atoms with E-state index in [4.69, 9.17) is 4.74 Å². The minimum Gasteiger partial charge on any atom is -0.842 e. The standard InChI is InChI=1S/C24H23N3O3/c1-2-3-16-30-21-14-15-22-26(19-12-8-5-9-13-19)23(28)20(24(29)27(22)25-21)17-18-10-6-4-7-11-18/h4-15H,2-3,16-17H2,1H3. The number of fused-ring (bicyclic) bond motifs is 1. The molecular formula is C24H23N3O3. The monoisotopic (exact) mass is 401 g/mol. The summed E-state index contributed by atoms with van der Waals surface area (Å²) in [6.07, 6.45) is 2.14. The van der Waals surface area contributed by atoms with Gasteiger partial charge in [0, 0.05) is 18.6 Å². The van der Waals surface area contributed by atoms with Crippen LogP contribution in [0, 0.1) is 0 Å². The molecule has 0 amide bonds. The van der Waals surface area contributed by atoms with E-state index in [9.17, 15) is 9.90 Å². The quantitative estimate of drug-likeness (QED) is 0.353. The number of nitrogens with zero attached hydrogens (tertiary/aromatic N) is 3. The summed E-state index contributed by atoms with van der Waals surface area (Å²) < 4.78 is 8.49. The van der Waals surface area contributed by atoms with Crippen molar-refractivity contribution in [1.29, 1.82) is 0 Å². The summed E-state index contributed by atoms with van der Waals surface area (Å²) in [5.74, 6) is 0.0264. The number of rotatable bonds is 7. The minimum absolute atomic E-state index is 0.167. The molecule has 0 radical (unpaired) electrons. The van der Waals surface area contributed by atoms with Crippen molar-refractivity contribution in [3.05, 3.63) is 94.3 Å². The van der Waals surface area contributed by atoms with Crippen LogP contribution in [0.3, 0.4) is 0 Å². The Labute approximate surface area is 174 Å². The van der Waals surface area contributed by atoms with Crippen LogP contribution in [0.4, 0.5) is 0 Å². The average Bonchev–Trinajstić information content (AvgIpc) is 2.79. The maximum Gasteiger partial charge on any atom is 0.366 e. The number of hydrogen-bond acceptors (Lipinski definition) is 4. The smallest absolute Gasteiger partial charge is 0.366 e. The molecule has 6 nitrogen and oxygen atoms in total. The lowest BCUT2D eigenvalue weighted by molar-refractivity contribution is -0.632. The van der Waals surface area contributed by atoms with Gasteiger partial charge < -0.3 is 9.84 Å². The number of hydrogen-bond donors (Lipinski definition) is 0. The van der Waals surface area contributed by atoms with Crippen LogP contribution in [-0.4, -0.2) is 16.2 Å². The lowest BCUT2D eigenvalue weighted by Crippen LogP contribution is -2.43. The van der Waals surface area contributed by atoms with Gasteiger partial charge in [0.15, 0.2) is 0 Å². The fraction of sp³-hybridized carbons (Fsp3) is 0.208. The third kappa shape index (κ3) is 3.89. The molecular weight excluding hydrogens is 378 g/mol. The molecule has 6 heteroatoms. The summed E-state index contributed by atoms with van der Waals surface area (Å²) in [6, 6.07) is 22.2. The van der Waals surface area contributed by atoms with Crippen molar-refractivity contribution in [3.63, 3.8) is 0 Å². The van der Waals surface area contributed by atoms with E-state index >= 15 is 0 Å². The van der Waals surface area contributed by atoms with E-state index in [1.54, 1.807) is 12.1 Å². The van der Waals surface area contributed by atoms with Gasteiger partial charge in [0.2, 0.25) is 0 Å². The zero-order valence-electron chi connectivity index (χ0n) is 16.8. The van der Waals surface area contributed by atoms with Crippen molar-refractivity contribution in [2.75, 3.05) is 6.61 Å². The van der Waals surface area contributed by atoms with Crippen molar-refractivity contribution >= 4 is 5.65 Å². The van der Waals surface area contributed by atoms with Gasteiger partial charge in [-0.3, -0.25) is 0 Å². The van der Waals surface area contributed by atoms with Crippen molar-refractivity contribution < 1.29 is 14.4 Å². The lowest BCUT2D eigenvalue weighted by atomic mass is 10.1. The topological polar surface area (TPSA) is 70.5 Å². The van der Waals surface area contributed by atoms with Gasteiger partial charge in [0.1, 0.15) is 5.69 Å². The molecule has 0 bridgehead atoms. The molecule has 0 atom stereocenters. The van der Waals surface area contributed by atoms with Crippen LogP contribution in [0.15, 0.2) is 77.6 Å². The normalized spacial score (nSPS) is 11.0. The van der Waals surface area contributed by atoms with Crippen LogP contribution < -0.4 is 20.0 Å². The summed E-state index contributed by atoms with van der Waals surface area (Å²) in [5.41, 5.74) is 1.71. The average molecular weight is 401 g/mol. The zero-order chi connectivity index (χ0) is 20.9. The summed E-state index contributed by atoms with van der Waals surface area (Å²) in [4.78, 5) is 13.3. The van der Waals surface area contributed by atoms with Gasteiger partial charge in [-0.05, 0) is 29.2 Å². The molecule has 2 aromatic heterocycles. The summed E-state index contributed by atoms with van der Waals surface area (Å²) in [7, 11) is 0. The van der Waals surface area contributed by atoms with E-state index in [0.717, 1.165) is 18.4 Å². The Hall–Kier alpha value is -3.67. The third-order valence-corrected chi connectivity index (χ3v) is 4.92. The highest BCUT2D eigenvalue weighted by molar-refractivity contribution is 5.40. The summed E-state index contributed by atoms with van der Waals surface area (Å²) in [5, 5.41) is 17.8. The van der Waals surface area contributed by atoms with Crippen LogP contribution in [-0.2, 0) is 6.42 Å². The Bertz CT molecular complexity index is 1210. The van der Waals surface area contributed by atoms with E-state index in [1.807, 2.05) is 60.7 Å². The largest absolute Gasteiger partial charge is 0.842 e. The van der Waals surface area contributed by atoms with Crippen LogP contribution in [0.25, 0.3) is 11.3 Å². The molecule has 4 rings (SSSR count). The second-order valence-electron chi connectivity index (χ2n) is 7.07. The maximum atomic E-state index is 13.4. The SMILES string of the molecule is CCCCOc1ccc2n(n1)c(=O)c(Cc1ccccc1)c([O-])[n+]2-c1ccccc1. The molecule has 0 N–H and O–H groups in total. The second-order valence-corrected chi connectivity index (χ2v) is 7.07. The molecule has 0 spiro atoms. The number of benzene rings is 2. The Morgan fingerprint density at radius 1 is 1.00 bits per heavy atom. The molecule has 2 aromatic carbocycles. The molecule has 0 aliphatic rings.